The van der Waals surface area contributed by atoms with E-state index in [1.807, 2.05) is 36.4 Å². The third-order valence-corrected chi connectivity index (χ3v) is 9.04. The molecule has 0 radical (unpaired) electrons. The SMILES string of the molecule is COc1ccc2cc1-c1cccc(c1)OCC(=O)NCc1ccc(cc1)O[C@@H]1CCN(C(=O)c3cc4n(n3)CCN(C)C4=O)C[C@H]1NC2=O. The van der Waals surface area contributed by atoms with E-state index in [0.717, 1.165) is 11.1 Å². The predicted octanol–water partition coefficient (Wildman–Crippen LogP) is 2.75. The number of likely N-dealkylation sites (tertiary alicyclic amines) is 1. The van der Waals surface area contributed by atoms with Crippen molar-refractivity contribution in [3.8, 4) is 28.4 Å². The molecule has 1 aromatic heterocycles. The van der Waals surface area contributed by atoms with E-state index in [1.54, 1.807) is 65.0 Å². The Morgan fingerprint density at radius 2 is 1.78 bits per heavy atom. The first-order valence-electron chi connectivity index (χ1n) is 16.1. The molecule has 4 aliphatic rings. The molecule has 8 rings (SSSR count). The fourth-order valence-corrected chi connectivity index (χ4v) is 6.30. The second-order valence-corrected chi connectivity index (χ2v) is 12.3. The maximum absolute atomic E-state index is 13.9. The largest absolute Gasteiger partial charge is 0.496 e. The number of carbonyl (C=O) groups excluding carboxylic acids is 4. The lowest BCUT2D eigenvalue weighted by Crippen LogP contribution is -2.58. The normalized spacial score (nSPS) is 19.4. The second kappa shape index (κ2) is 13.3. The van der Waals surface area contributed by atoms with Gasteiger partial charge in [0.15, 0.2) is 12.3 Å². The van der Waals surface area contributed by atoms with Crippen molar-refractivity contribution in [3.63, 3.8) is 0 Å². The summed E-state index contributed by atoms with van der Waals surface area (Å²) in [7, 11) is 3.28. The number of methoxy groups -OCH3 is 1. The van der Waals surface area contributed by atoms with Crippen molar-refractivity contribution in [1.29, 1.82) is 0 Å². The Morgan fingerprint density at radius 1 is 0.939 bits per heavy atom. The van der Waals surface area contributed by atoms with Gasteiger partial charge in [0.25, 0.3) is 23.6 Å². The van der Waals surface area contributed by atoms with Gasteiger partial charge in [-0.1, -0.05) is 24.3 Å². The molecule has 13 nitrogen and oxygen atoms in total. The fraction of sp³-hybridized carbons (Fsp3) is 0.306. The number of nitrogens with one attached hydrogen (secondary N) is 2. The van der Waals surface area contributed by atoms with Crippen molar-refractivity contribution in [1.82, 2.24) is 30.2 Å². The Labute approximate surface area is 282 Å². The Kier molecular flexibility index (Phi) is 8.64. The quantitative estimate of drug-likeness (QED) is 0.333. The van der Waals surface area contributed by atoms with Crippen LogP contribution in [0.25, 0.3) is 11.1 Å². The third kappa shape index (κ3) is 6.64. The summed E-state index contributed by atoms with van der Waals surface area (Å²) in [6, 6.07) is 20.7. The van der Waals surface area contributed by atoms with E-state index in [2.05, 4.69) is 15.7 Å². The maximum Gasteiger partial charge on any atom is 0.274 e. The average molecular weight is 665 g/mol. The van der Waals surface area contributed by atoms with Gasteiger partial charge in [0.2, 0.25) is 0 Å². The number of rotatable bonds is 2. The van der Waals surface area contributed by atoms with Gasteiger partial charge in [-0.2, -0.15) is 5.10 Å². The van der Waals surface area contributed by atoms with Gasteiger partial charge in [-0.15, -0.1) is 0 Å². The minimum atomic E-state index is -0.581. The van der Waals surface area contributed by atoms with Gasteiger partial charge in [0, 0.05) is 56.8 Å². The number of aromatic nitrogens is 2. The number of amides is 4. The smallest absolute Gasteiger partial charge is 0.274 e. The molecular weight excluding hydrogens is 628 g/mol. The highest BCUT2D eigenvalue weighted by atomic mass is 16.5. The van der Waals surface area contributed by atoms with E-state index in [9.17, 15) is 19.2 Å². The van der Waals surface area contributed by atoms with Crippen LogP contribution in [0.2, 0.25) is 0 Å². The fourth-order valence-electron chi connectivity index (χ4n) is 6.30. The molecule has 6 bridgehead atoms. The standard InChI is InChI=1S/C36H36N6O7/c1-40-14-15-42-30(36(40)46)18-28(39-42)35(45)41-13-12-32-29(20-41)38-34(44)24-8-11-31(47-2)27(17-24)23-4-3-5-26(16-23)48-21-33(43)37-19-22-6-9-25(49-32)10-7-22/h3-11,16-18,29,32H,12-15,19-21H2,1-2H3,(H,37,43)(H,38,44)/t29-,32-/m1/s1. The molecule has 1 fully saturated rings. The van der Waals surface area contributed by atoms with Crippen LogP contribution in [0.1, 0.15) is 43.3 Å². The number of ether oxygens (including phenoxy) is 3. The Hall–Kier alpha value is -5.85. The zero-order chi connectivity index (χ0) is 34.1. The topological polar surface area (TPSA) is 144 Å². The zero-order valence-electron chi connectivity index (χ0n) is 27.2. The van der Waals surface area contributed by atoms with Gasteiger partial charge in [0.05, 0.1) is 19.7 Å². The van der Waals surface area contributed by atoms with Crippen LogP contribution in [0.15, 0.2) is 72.8 Å². The molecule has 2 atom stereocenters. The molecule has 0 spiro atoms. The van der Waals surface area contributed by atoms with E-state index in [-0.39, 0.29) is 42.5 Å². The highest BCUT2D eigenvalue weighted by molar-refractivity contribution is 5.99. The van der Waals surface area contributed by atoms with Crippen LogP contribution in [0.3, 0.4) is 0 Å². The molecule has 4 aliphatic heterocycles. The molecule has 49 heavy (non-hydrogen) atoms. The van der Waals surface area contributed by atoms with Gasteiger partial charge < -0.3 is 34.6 Å². The van der Waals surface area contributed by atoms with Crippen molar-refractivity contribution >= 4 is 23.6 Å². The predicted molar refractivity (Wildman–Crippen MR) is 178 cm³/mol. The van der Waals surface area contributed by atoms with Crippen molar-refractivity contribution in [2.45, 2.75) is 31.7 Å². The Balaban J connectivity index is 1.20. The second-order valence-electron chi connectivity index (χ2n) is 12.3. The molecule has 4 aromatic rings. The summed E-state index contributed by atoms with van der Waals surface area (Å²) in [6.07, 6.45) is -0.0224. The summed E-state index contributed by atoms with van der Waals surface area (Å²) < 4.78 is 19.4. The maximum atomic E-state index is 13.9. The van der Waals surface area contributed by atoms with Gasteiger partial charge >= 0.3 is 0 Å². The Bertz CT molecular complexity index is 1920. The summed E-state index contributed by atoms with van der Waals surface area (Å²) in [5.41, 5.74) is 3.22. The number of hydrogen-bond donors (Lipinski definition) is 2. The van der Waals surface area contributed by atoms with Crippen LogP contribution >= 0.6 is 0 Å². The molecule has 2 N–H and O–H groups in total. The van der Waals surface area contributed by atoms with Gasteiger partial charge in [-0.25, -0.2) is 0 Å². The average Bonchev–Trinajstić information content (AvgIpc) is 3.57. The molecule has 5 heterocycles. The molecular formula is C36H36N6O7. The van der Waals surface area contributed by atoms with Crippen molar-refractivity contribution in [3.05, 3.63) is 95.3 Å². The summed E-state index contributed by atoms with van der Waals surface area (Å²) in [5.74, 6) is 0.513. The number of likely N-dealkylation sites (N-methyl/N-ethyl adjacent to an activating group) is 1. The summed E-state index contributed by atoms with van der Waals surface area (Å²) in [5, 5.41) is 10.4. The van der Waals surface area contributed by atoms with Gasteiger partial charge in [-0.05, 0) is 53.6 Å². The highest BCUT2D eigenvalue weighted by Gasteiger charge is 2.36. The van der Waals surface area contributed by atoms with Crippen LogP contribution in [-0.2, 0) is 17.9 Å². The first-order chi connectivity index (χ1) is 23.7. The van der Waals surface area contributed by atoms with Crippen molar-refractivity contribution in [2.75, 3.05) is 40.4 Å². The van der Waals surface area contributed by atoms with Gasteiger partial charge in [0.1, 0.15) is 29.0 Å². The number of fused-ring (bicyclic) bond motifs is 8. The number of hydrogen-bond acceptors (Lipinski definition) is 8. The minimum Gasteiger partial charge on any atom is -0.496 e. The lowest BCUT2D eigenvalue weighted by molar-refractivity contribution is -0.123. The number of benzene rings is 3. The molecule has 1 saturated heterocycles. The molecule has 0 saturated carbocycles. The molecule has 4 amide bonds. The van der Waals surface area contributed by atoms with Crippen LogP contribution in [0, 0.1) is 0 Å². The van der Waals surface area contributed by atoms with Crippen LogP contribution in [-0.4, -0.2) is 95.8 Å². The summed E-state index contributed by atoms with van der Waals surface area (Å²) in [6.45, 7) is 1.70. The van der Waals surface area contributed by atoms with E-state index in [4.69, 9.17) is 14.2 Å². The van der Waals surface area contributed by atoms with Crippen LogP contribution in [0.4, 0.5) is 0 Å². The number of carbonyl (C=O) groups is 4. The monoisotopic (exact) mass is 664 g/mol. The van der Waals surface area contributed by atoms with E-state index < -0.39 is 12.1 Å². The minimum absolute atomic E-state index is 0.161. The van der Waals surface area contributed by atoms with Crippen molar-refractivity contribution < 1.29 is 33.4 Å². The summed E-state index contributed by atoms with van der Waals surface area (Å²) >= 11 is 0. The van der Waals surface area contributed by atoms with Crippen LogP contribution in [0.5, 0.6) is 17.2 Å². The van der Waals surface area contributed by atoms with E-state index in [0.29, 0.717) is 66.7 Å². The first kappa shape index (κ1) is 31.7. The molecule has 13 heteroatoms. The molecule has 3 aromatic carbocycles. The van der Waals surface area contributed by atoms with E-state index >= 15 is 0 Å². The molecule has 252 valence electrons. The number of piperidine rings is 1. The van der Waals surface area contributed by atoms with Gasteiger partial charge in [-0.3, -0.25) is 23.9 Å². The number of nitrogens with zero attached hydrogens (tertiary/aromatic N) is 4. The van der Waals surface area contributed by atoms with Crippen molar-refractivity contribution in [2.24, 2.45) is 0 Å². The molecule has 0 aliphatic carbocycles. The zero-order valence-corrected chi connectivity index (χ0v) is 27.2. The highest BCUT2D eigenvalue weighted by Crippen LogP contribution is 2.33. The first-order valence-corrected chi connectivity index (χ1v) is 16.1. The Morgan fingerprint density at radius 3 is 2.59 bits per heavy atom. The lowest BCUT2D eigenvalue weighted by Gasteiger charge is -2.38. The van der Waals surface area contributed by atoms with Crippen LogP contribution < -0.4 is 24.8 Å². The molecule has 0 unspecified atom stereocenters. The lowest BCUT2D eigenvalue weighted by atomic mass is 9.99. The third-order valence-electron chi connectivity index (χ3n) is 9.04. The summed E-state index contributed by atoms with van der Waals surface area (Å²) in [4.78, 5) is 56.1. The van der Waals surface area contributed by atoms with E-state index in [1.165, 1.54) is 0 Å².